The lowest BCUT2D eigenvalue weighted by Gasteiger charge is -2.42. The highest BCUT2D eigenvalue weighted by atomic mass is 32.1. The molecule has 2 heterocycles. The number of thiol groups is 1. The van der Waals surface area contributed by atoms with Crippen LogP contribution in [0.1, 0.15) is 36.9 Å². The Morgan fingerprint density at radius 1 is 1.10 bits per heavy atom. The second-order valence-corrected chi connectivity index (χ2v) is 10.8. The van der Waals surface area contributed by atoms with Gasteiger partial charge >= 0.3 is 0 Å². The molecule has 1 aliphatic carbocycles. The van der Waals surface area contributed by atoms with E-state index in [4.69, 9.17) is 10.7 Å². The zero-order chi connectivity index (χ0) is 28.0. The molecule has 0 saturated carbocycles. The molecule has 206 valence electrons. The minimum Gasteiger partial charge on any atom is -0.404 e. The minimum atomic E-state index is -0.471. The van der Waals surface area contributed by atoms with Gasteiger partial charge in [0.25, 0.3) is 0 Å². The summed E-state index contributed by atoms with van der Waals surface area (Å²) in [5.74, 6) is -0.292. The Balaban J connectivity index is 1.60. The predicted molar refractivity (Wildman–Crippen MR) is 167 cm³/mol. The largest absolute Gasteiger partial charge is 0.404 e. The van der Waals surface area contributed by atoms with Gasteiger partial charge in [0, 0.05) is 36.9 Å². The SMILES string of the molecule is C=C(c1ccccn1)C1(Cc2ccc(N3CCCC3)cc2)CC(=CN)C(=Nc2ccc(F)cc2)C=C1CCNS. The van der Waals surface area contributed by atoms with Crippen molar-refractivity contribution in [3.63, 3.8) is 0 Å². The third-order valence-corrected chi connectivity index (χ3v) is 8.22. The number of hydrogen-bond donors (Lipinski definition) is 3. The lowest BCUT2D eigenvalue weighted by molar-refractivity contribution is 0.453. The summed E-state index contributed by atoms with van der Waals surface area (Å²) in [6.45, 7) is 7.55. The fourth-order valence-corrected chi connectivity index (χ4v) is 5.96. The average molecular weight is 554 g/mol. The first kappa shape index (κ1) is 27.9. The quantitative estimate of drug-likeness (QED) is 0.254. The highest BCUT2D eigenvalue weighted by molar-refractivity contribution is 7.78. The van der Waals surface area contributed by atoms with E-state index in [1.807, 2.05) is 24.4 Å². The summed E-state index contributed by atoms with van der Waals surface area (Å²) in [4.78, 5) is 12.0. The lowest BCUT2D eigenvalue weighted by atomic mass is 9.61. The van der Waals surface area contributed by atoms with Crippen molar-refractivity contribution in [2.45, 2.75) is 32.1 Å². The Morgan fingerprint density at radius 3 is 2.50 bits per heavy atom. The molecule has 2 aromatic carbocycles. The molecule has 1 aromatic heterocycles. The molecule has 1 atom stereocenters. The number of hydrogen-bond acceptors (Lipinski definition) is 6. The van der Waals surface area contributed by atoms with Crippen molar-refractivity contribution in [1.29, 1.82) is 0 Å². The van der Waals surface area contributed by atoms with Gasteiger partial charge in [-0.1, -0.05) is 43.2 Å². The second kappa shape index (κ2) is 12.7. The maximum atomic E-state index is 13.6. The van der Waals surface area contributed by atoms with Crippen LogP contribution < -0.4 is 15.4 Å². The molecule has 0 spiro atoms. The highest BCUT2D eigenvalue weighted by Gasteiger charge is 2.42. The monoisotopic (exact) mass is 553 g/mol. The van der Waals surface area contributed by atoms with Crippen molar-refractivity contribution in [1.82, 2.24) is 9.71 Å². The fourth-order valence-electron chi connectivity index (χ4n) is 5.85. The third-order valence-electron chi connectivity index (χ3n) is 8.00. The number of allylic oxidation sites excluding steroid dienone is 3. The van der Waals surface area contributed by atoms with Crippen LogP contribution >= 0.6 is 12.8 Å². The predicted octanol–water partition coefficient (Wildman–Crippen LogP) is 6.83. The molecule has 0 amide bonds. The van der Waals surface area contributed by atoms with Gasteiger partial charge in [0.2, 0.25) is 0 Å². The number of nitrogens with two attached hydrogens (primary N) is 1. The molecule has 7 heteroatoms. The number of nitrogens with zero attached hydrogens (tertiary/aromatic N) is 3. The molecule has 1 fully saturated rings. The molecule has 5 nitrogen and oxygen atoms in total. The summed E-state index contributed by atoms with van der Waals surface area (Å²) in [5, 5.41) is 0. The van der Waals surface area contributed by atoms with Crippen LogP contribution in [0.5, 0.6) is 0 Å². The first-order valence-corrected chi connectivity index (χ1v) is 14.3. The van der Waals surface area contributed by atoms with E-state index in [0.29, 0.717) is 18.7 Å². The first-order chi connectivity index (χ1) is 19.5. The summed E-state index contributed by atoms with van der Waals surface area (Å²) >= 11 is 4.29. The topological polar surface area (TPSA) is 66.5 Å². The van der Waals surface area contributed by atoms with Crippen molar-refractivity contribution >= 4 is 35.5 Å². The number of pyridine rings is 1. The number of anilines is 1. The van der Waals surface area contributed by atoms with Gasteiger partial charge in [-0.25, -0.2) is 9.38 Å². The van der Waals surface area contributed by atoms with Gasteiger partial charge in [-0.15, -0.1) is 0 Å². The van der Waals surface area contributed by atoms with Crippen LogP contribution in [0.4, 0.5) is 15.8 Å². The molecule has 0 bridgehead atoms. The fraction of sp³-hybridized carbons (Fsp3) is 0.273. The zero-order valence-corrected chi connectivity index (χ0v) is 23.6. The molecule has 1 unspecified atom stereocenters. The zero-order valence-electron chi connectivity index (χ0n) is 22.7. The smallest absolute Gasteiger partial charge is 0.123 e. The van der Waals surface area contributed by atoms with Gasteiger partial charge in [-0.05, 0) is 110 Å². The van der Waals surface area contributed by atoms with E-state index in [1.54, 1.807) is 18.3 Å². The van der Waals surface area contributed by atoms with Crippen molar-refractivity contribution in [3.8, 4) is 0 Å². The summed E-state index contributed by atoms with van der Waals surface area (Å²) in [7, 11) is 0. The molecule has 3 aromatic rings. The normalized spacial score (nSPS) is 21.1. The van der Waals surface area contributed by atoms with Crippen LogP contribution in [0.2, 0.25) is 0 Å². The number of rotatable bonds is 9. The van der Waals surface area contributed by atoms with Crippen LogP contribution in [-0.4, -0.2) is 30.3 Å². The standard InChI is InChI=1S/C33H36FN5S/c1-24(31-6-2-3-16-36-31)33(21-25-7-13-30(14-8-25)39-18-4-5-19-39)22-26(23-35)32(20-27(33)15-17-37-40)38-29-11-9-28(34)10-12-29/h2-3,6-14,16,20,23,37,40H,1,4-5,15,17-19,21-22,35H2. The van der Waals surface area contributed by atoms with E-state index >= 15 is 0 Å². The van der Waals surface area contributed by atoms with Gasteiger partial charge < -0.3 is 10.6 Å². The molecule has 2 aliphatic rings. The van der Waals surface area contributed by atoms with Gasteiger partial charge in [0.1, 0.15) is 5.82 Å². The Hall–Kier alpha value is -3.68. The molecule has 5 rings (SSSR count). The summed E-state index contributed by atoms with van der Waals surface area (Å²) < 4.78 is 16.6. The van der Waals surface area contributed by atoms with Crippen LogP contribution in [-0.2, 0) is 6.42 Å². The molecular formula is C33H36FN5S. The van der Waals surface area contributed by atoms with Gasteiger partial charge in [-0.3, -0.25) is 9.71 Å². The summed E-state index contributed by atoms with van der Waals surface area (Å²) in [5.41, 5.74) is 13.6. The van der Waals surface area contributed by atoms with E-state index in [1.165, 1.54) is 41.8 Å². The van der Waals surface area contributed by atoms with Crippen molar-refractivity contribution in [3.05, 3.63) is 120 Å². The number of benzene rings is 2. The van der Waals surface area contributed by atoms with E-state index in [0.717, 1.165) is 48.5 Å². The van der Waals surface area contributed by atoms with E-state index < -0.39 is 5.41 Å². The first-order valence-electron chi connectivity index (χ1n) is 13.8. The van der Waals surface area contributed by atoms with Gasteiger partial charge in [0.05, 0.1) is 17.1 Å². The Bertz CT molecular complexity index is 1410. The van der Waals surface area contributed by atoms with E-state index in [2.05, 4.69) is 64.3 Å². The average Bonchev–Trinajstić information content (AvgIpc) is 3.54. The molecule has 3 N–H and O–H groups in total. The Labute approximate surface area is 242 Å². The van der Waals surface area contributed by atoms with Gasteiger partial charge in [-0.2, -0.15) is 0 Å². The number of halogens is 1. The van der Waals surface area contributed by atoms with E-state index in [-0.39, 0.29) is 5.82 Å². The van der Waals surface area contributed by atoms with Crippen LogP contribution in [0.15, 0.2) is 108 Å². The minimum absolute atomic E-state index is 0.292. The lowest BCUT2D eigenvalue weighted by Crippen LogP contribution is -2.35. The van der Waals surface area contributed by atoms with E-state index in [9.17, 15) is 4.39 Å². The Kier molecular flexibility index (Phi) is 8.82. The maximum absolute atomic E-state index is 13.6. The van der Waals surface area contributed by atoms with Crippen molar-refractivity contribution < 1.29 is 4.39 Å². The summed E-state index contributed by atoms with van der Waals surface area (Å²) in [6.07, 6.45) is 10.2. The molecule has 40 heavy (non-hydrogen) atoms. The summed E-state index contributed by atoms with van der Waals surface area (Å²) in [6, 6.07) is 21.1. The molecule has 1 saturated heterocycles. The number of aliphatic imine (C=N–C) groups is 1. The van der Waals surface area contributed by atoms with Crippen molar-refractivity contribution in [2.75, 3.05) is 24.5 Å². The number of aromatic nitrogens is 1. The Morgan fingerprint density at radius 2 is 1.85 bits per heavy atom. The van der Waals surface area contributed by atoms with Crippen LogP contribution in [0.25, 0.3) is 5.57 Å². The maximum Gasteiger partial charge on any atom is 0.123 e. The molecular weight excluding hydrogens is 517 g/mol. The van der Waals surface area contributed by atoms with Gasteiger partial charge in [0.15, 0.2) is 0 Å². The third kappa shape index (κ3) is 6.06. The van der Waals surface area contributed by atoms with Crippen molar-refractivity contribution in [2.24, 2.45) is 16.1 Å². The molecule has 1 aliphatic heterocycles. The molecule has 0 radical (unpaired) electrons. The highest BCUT2D eigenvalue weighted by Crippen LogP contribution is 2.51. The second-order valence-electron chi connectivity index (χ2n) is 10.5. The van der Waals surface area contributed by atoms with Crippen LogP contribution in [0.3, 0.4) is 0 Å². The number of nitrogens with one attached hydrogen (secondary N) is 1. The van der Waals surface area contributed by atoms with Crippen LogP contribution in [0, 0.1) is 11.2 Å².